The van der Waals surface area contributed by atoms with Crippen molar-refractivity contribution in [2.24, 2.45) is 0 Å². The van der Waals surface area contributed by atoms with E-state index in [4.69, 9.17) is 10.5 Å². The van der Waals surface area contributed by atoms with E-state index in [0.29, 0.717) is 15.9 Å². The number of rotatable bonds is 3. The molecular weight excluding hydrogens is 327 g/mol. The van der Waals surface area contributed by atoms with E-state index in [2.05, 4.69) is 21.2 Å². The number of benzene rings is 2. The number of anilines is 2. The number of nitrogen functional groups attached to an aromatic ring is 1. The number of hydrogen-bond donors (Lipinski definition) is 2. The van der Waals surface area contributed by atoms with Crippen molar-refractivity contribution in [1.82, 2.24) is 0 Å². The molecule has 6 heteroatoms. The molecule has 2 rings (SSSR count). The van der Waals surface area contributed by atoms with Crippen molar-refractivity contribution >= 4 is 33.2 Å². The van der Waals surface area contributed by atoms with Crippen LogP contribution in [-0.2, 0) is 0 Å². The molecule has 0 fully saturated rings. The molecule has 0 bridgehead atoms. The van der Waals surface area contributed by atoms with Crippen LogP contribution < -0.4 is 15.8 Å². The van der Waals surface area contributed by atoms with Gasteiger partial charge < -0.3 is 15.8 Å². The third-order valence-corrected chi connectivity index (χ3v) is 3.31. The van der Waals surface area contributed by atoms with Crippen molar-refractivity contribution in [2.45, 2.75) is 0 Å². The number of nitrogens with one attached hydrogen (secondary N) is 1. The summed E-state index contributed by atoms with van der Waals surface area (Å²) in [4.78, 5) is 12.1. The number of methoxy groups -OCH3 is 1. The summed E-state index contributed by atoms with van der Waals surface area (Å²) in [6.45, 7) is 0. The predicted octanol–water partition coefficient (Wildman–Crippen LogP) is 3.43. The molecular formula is C14H12BrFN2O2. The molecule has 0 aliphatic rings. The lowest BCUT2D eigenvalue weighted by Gasteiger charge is -2.09. The zero-order valence-electron chi connectivity index (χ0n) is 10.6. The highest BCUT2D eigenvalue weighted by atomic mass is 79.9. The SMILES string of the molecule is COc1cccc(NC(=O)c2cc(N)c(F)cc2Br)c1. The van der Waals surface area contributed by atoms with E-state index in [1.165, 1.54) is 13.2 Å². The fraction of sp³-hybridized carbons (Fsp3) is 0.0714. The minimum Gasteiger partial charge on any atom is -0.497 e. The maximum absolute atomic E-state index is 13.2. The molecule has 0 atom stereocenters. The van der Waals surface area contributed by atoms with Crippen LogP contribution in [0.25, 0.3) is 0 Å². The second kappa shape index (κ2) is 5.92. The number of halogens is 2. The molecule has 0 unspecified atom stereocenters. The van der Waals surface area contributed by atoms with Gasteiger partial charge in [-0.25, -0.2) is 4.39 Å². The minimum atomic E-state index is -0.574. The Morgan fingerprint density at radius 3 is 2.80 bits per heavy atom. The lowest BCUT2D eigenvalue weighted by Crippen LogP contribution is -2.13. The van der Waals surface area contributed by atoms with Crippen LogP contribution >= 0.6 is 15.9 Å². The lowest BCUT2D eigenvalue weighted by atomic mass is 10.1. The number of carbonyl (C=O) groups excluding carboxylic acids is 1. The summed E-state index contributed by atoms with van der Waals surface area (Å²) in [5.41, 5.74) is 6.22. The zero-order valence-corrected chi connectivity index (χ0v) is 12.2. The number of ether oxygens (including phenoxy) is 1. The van der Waals surface area contributed by atoms with Crippen molar-refractivity contribution < 1.29 is 13.9 Å². The van der Waals surface area contributed by atoms with E-state index in [-0.39, 0.29) is 11.3 Å². The summed E-state index contributed by atoms with van der Waals surface area (Å²) < 4.78 is 18.7. The van der Waals surface area contributed by atoms with Gasteiger partial charge in [0.15, 0.2) is 0 Å². The van der Waals surface area contributed by atoms with Crippen LogP contribution in [0.4, 0.5) is 15.8 Å². The maximum Gasteiger partial charge on any atom is 0.256 e. The molecule has 0 saturated heterocycles. The highest BCUT2D eigenvalue weighted by Crippen LogP contribution is 2.24. The second-order valence-electron chi connectivity index (χ2n) is 4.04. The largest absolute Gasteiger partial charge is 0.497 e. The van der Waals surface area contributed by atoms with Crippen LogP contribution in [0.5, 0.6) is 5.75 Å². The molecule has 0 aromatic heterocycles. The fourth-order valence-electron chi connectivity index (χ4n) is 1.64. The standard InChI is InChI=1S/C14H12BrFN2O2/c1-20-9-4-2-3-8(5-9)18-14(19)10-6-13(17)12(16)7-11(10)15/h2-7H,17H2,1H3,(H,18,19). The topological polar surface area (TPSA) is 64.3 Å². The van der Waals surface area contributed by atoms with Gasteiger partial charge in [0.05, 0.1) is 18.4 Å². The Morgan fingerprint density at radius 1 is 1.35 bits per heavy atom. The average molecular weight is 339 g/mol. The lowest BCUT2D eigenvalue weighted by molar-refractivity contribution is 0.102. The van der Waals surface area contributed by atoms with E-state index < -0.39 is 11.7 Å². The molecule has 0 spiro atoms. The van der Waals surface area contributed by atoms with Crippen LogP contribution in [0.3, 0.4) is 0 Å². The first kappa shape index (κ1) is 14.3. The van der Waals surface area contributed by atoms with Crippen molar-refractivity contribution in [3.05, 3.63) is 52.3 Å². The summed E-state index contributed by atoms with van der Waals surface area (Å²) in [6.07, 6.45) is 0. The second-order valence-corrected chi connectivity index (χ2v) is 4.89. The van der Waals surface area contributed by atoms with Gasteiger partial charge in [0.25, 0.3) is 5.91 Å². The van der Waals surface area contributed by atoms with Gasteiger partial charge in [-0.2, -0.15) is 0 Å². The van der Waals surface area contributed by atoms with Crippen molar-refractivity contribution in [1.29, 1.82) is 0 Å². The average Bonchev–Trinajstić information content (AvgIpc) is 2.43. The van der Waals surface area contributed by atoms with Crippen LogP contribution in [-0.4, -0.2) is 13.0 Å². The molecule has 2 aromatic carbocycles. The Bertz CT molecular complexity index is 662. The molecule has 0 aliphatic heterocycles. The summed E-state index contributed by atoms with van der Waals surface area (Å²) in [5, 5.41) is 2.69. The number of nitrogens with two attached hydrogens (primary N) is 1. The minimum absolute atomic E-state index is 0.0796. The molecule has 0 radical (unpaired) electrons. The number of carbonyl (C=O) groups is 1. The van der Waals surface area contributed by atoms with E-state index in [1.807, 2.05) is 0 Å². The molecule has 0 saturated carbocycles. The van der Waals surface area contributed by atoms with Gasteiger partial charge in [-0.05, 0) is 40.2 Å². The first-order valence-corrected chi connectivity index (χ1v) is 6.50. The normalized spacial score (nSPS) is 10.2. The molecule has 0 heterocycles. The van der Waals surface area contributed by atoms with Crippen molar-refractivity contribution in [2.75, 3.05) is 18.2 Å². The van der Waals surface area contributed by atoms with E-state index >= 15 is 0 Å². The summed E-state index contributed by atoms with van der Waals surface area (Å²) >= 11 is 3.14. The summed E-state index contributed by atoms with van der Waals surface area (Å²) in [7, 11) is 1.54. The highest BCUT2D eigenvalue weighted by molar-refractivity contribution is 9.10. The first-order valence-electron chi connectivity index (χ1n) is 5.71. The molecule has 104 valence electrons. The maximum atomic E-state index is 13.2. The zero-order chi connectivity index (χ0) is 14.7. The highest BCUT2D eigenvalue weighted by Gasteiger charge is 2.13. The van der Waals surface area contributed by atoms with Crippen molar-refractivity contribution in [3.8, 4) is 5.75 Å². The smallest absolute Gasteiger partial charge is 0.256 e. The van der Waals surface area contributed by atoms with E-state index in [0.717, 1.165) is 6.07 Å². The molecule has 2 aromatic rings. The molecule has 0 aliphatic carbocycles. The third kappa shape index (κ3) is 3.08. The summed E-state index contributed by atoms with van der Waals surface area (Å²) in [5.74, 6) is -0.341. The molecule has 3 N–H and O–H groups in total. The molecule has 20 heavy (non-hydrogen) atoms. The van der Waals surface area contributed by atoms with Crippen LogP contribution in [0.1, 0.15) is 10.4 Å². The van der Waals surface area contributed by atoms with Gasteiger partial charge in [-0.3, -0.25) is 4.79 Å². The van der Waals surface area contributed by atoms with E-state index in [9.17, 15) is 9.18 Å². The quantitative estimate of drug-likeness (QED) is 0.842. The Labute approximate surface area is 123 Å². The van der Waals surface area contributed by atoms with Crippen molar-refractivity contribution in [3.63, 3.8) is 0 Å². The Kier molecular flexibility index (Phi) is 4.24. The fourth-order valence-corrected chi connectivity index (χ4v) is 2.13. The Balaban J connectivity index is 2.26. The summed E-state index contributed by atoms with van der Waals surface area (Å²) in [6, 6.07) is 9.37. The van der Waals surface area contributed by atoms with Gasteiger partial charge in [-0.15, -0.1) is 0 Å². The molecule has 4 nitrogen and oxygen atoms in total. The third-order valence-electron chi connectivity index (χ3n) is 2.66. The van der Waals surface area contributed by atoms with Gasteiger partial charge in [0.1, 0.15) is 11.6 Å². The van der Waals surface area contributed by atoms with Crippen LogP contribution in [0.2, 0.25) is 0 Å². The van der Waals surface area contributed by atoms with Gasteiger partial charge in [0.2, 0.25) is 0 Å². The number of hydrogen-bond acceptors (Lipinski definition) is 3. The predicted molar refractivity (Wildman–Crippen MR) is 79.5 cm³/mol. The monoisotopic (exact) mass is 338 g/mol. The Morgan fingerprint density at radius 2 is 2.10 bits per heavy atom. The molecule has 1 amide bonds. The van der Waals surface area contributed by atoms with Gasteiger partial charge in [-0.1, -0.05) is 6.07 Å². The number of amides is 1. The van der Waals surface area contributed by atoms with Crippen LogP contribution in [0, 0.1) is 5.82 Å². The first-order chi connectivity index (χ1) is 9.51. The van der Waals surface area contributed by atoms with Gasteiger partial charge in [0, 0.05) is 16.2 Å². The Hall–Kier alpha value is -2.08. The van der Waals surface area contributed by atoms with Gasteiger partial charge >= 0.3 is 0 Å². The van der Waals surface area contributed by atoms with Crippen LogP contribution in [0.15, 0.2) is 40.9 Å². The van der Waals surface area contributed by atoms with E-state index in [1.54, 1.807) is 24.3 Å².